The van der Waals surface area contributed by atoms with Crippen LogP contribution in [0.2, 0.25) is 0 Å². The van der Waals surface area contributed by atoms with Crippen LogP contribution in [0, 0.1) is 0 Å². The average Bonchev–Trinajstić information content (AvgIpc) is 2.64. The Balaban J connectivity index is 1.84. The summed E-state index contributed by atoms with van der Waals surface area (Å²) in [5, 5.41) is 3.02. The van der Waals surface area contributed by atoms with Crippen LogP contribution in [0.25, 0.3) is 0 Å². The maximum Gasteiger partial charge on any atom is 0.513 e. The van der Waals surface area contributed by atoms with Crippen molar-refractivity contribution in [2.24, 2.45) is 0 Å². The van der Waals surface area contributed by atoms with Gasteiger partial charge in [0.1, 0.15) is 11.5 Å². The lowest BCUT2D eigenvalue weighted by atomic mass is 10.1. The third-order valence-electron chi connectivity index (χ3n) is 3.59. The summed E-state index contributed by atoms with van der Waals surface area (Å²) in [5.41, 5.74) is 0.996. The van der Waals surface area contributed by atoms with Crippen molar-refractivity contribution in [1.29, 1.82) is 0 Å². The summed E-state index contributed by atoms with van der Waals surface area (Å²) in [6, 6.07) is 27.6. The molecule has 0 aliphatic carbocycles. The molecule has 128 valence electrons. The second-order valence-corrected chi connectivity index (χ2v) is 7.19. The molecule has 0 amide bonds. The minimum absolute atomic E-state index is 0.209. The molecule has 3 aromatic rings. The third kappa shape index (κ3) is 4.96. The van der Waals surface area contributed by atoms with E-state index in [2.05, 4.69) is 5.09 Å². The van der Waals surface area contributed by atoms with Gasteiger partial charge in [-0.1, -0.05) is 66.7 Å². The summed E-state index contributed by atoms with van der Waals surface area (Å²) in [6.45, 7) is 1.92. The van der Waals surface area contributed by atoms with Crippen molar-refractivity contribution < 1.29 is 13.6 Å². The minimum Gasteiger partial charge on any atom is -0.405 e. The molecule has 0 fully saturated rings. The Labute approximate surface area is 148 Å². The molecule has 4 nitrogen and oxygen atoms in total. The van der Waals surface area contributed by atoms with Crippen molar-refractivity contribution in [3.05, 3.63) is 96.6 Å². The number of benzene rings is 3. The van der Waals surface area contributed by atoms with Gasteiger partial charge in [0.15, 0.2) is 0 Å². The van der Waals surface area contributed by atoms with Crippen molar-refractivity contribution in [2.45, 2.75) is 13.0 Å². The van der Waals surface area contributed by atoms with Crippen LogP contribution in [0.5, 0.6) is 11.5 Å². The molecule has 0 unspecified atom stereocenters. The van der Waals surface area contributed by atoms with Crippen LogP contribution < -0.4 is 14.1 Å². The summed E-state index contributed by atoms with van der Waals surface area (Å²) in [6.07, 6.45) is 0. The van der Waals surface area contributed by atoms with Crippen molar-refractivity contribution in [2.75, 3.05) is 0 Å². The highest BCUT2D eigenvalue weighted by molar-refractivity contribution is 7.52. The number of para-hydroxylation sites is 2. The standard InChI is InChI=1S/C20H20NO3P/c1-17(18-11-5-2-6-12-18)21-25(22,23-19-13-7-3-8-14-19)24-20-15-9-4-10-16-20/h2-17H,1H3,(H,21,22)/t17-/m0/s1. The molecule has 0 saturated heterocycles. The quantitative estimate of drug-likeness (QED) is 0.561. The molecule has 0 aliphatic heterocycles. The van der Waals surface area contributed by atoms with E-state index in [1.807, 2.05) is 73.7 Å². The summed E-state index contributed by atoms with van der Waals surface area (Å²) in [4.78, 5) is 0. The van der Waals surface area contributed by atoms with Gasteiger partial charge in [0.2, 0.25) is 0 Å². The molecular formula is C20H20NO3P. The Morgan fingerprint density at radius 3 is 1.56 bits per heavy atom. The molecule has 3 rings (SSSR count). The molecule has 0 heterocycles. The zero-order chi connectivity index (χ0) is 17.5. The minimum atomic E-state index is -3.63. The summed E-state index contributed by atoms with van der Waals surface area (Å²) in [7, 11) is -3.63. The second-order valence-electron chi connectivity index (χ2n) is 5.57. The van der Waals surface area contributed by atoms with E-state index >= 15 is 0 Å². The molecule has 0 aliphatic rings. The first kappa shape index (κ1) is 17.3. The summed E-state index contributed by atoms with van der Waals surface area (Å²) >= 11 is 0. The molecule has 0 bridgehead atoms. The maximum atomic E-state index is 13.4. The summed E-state index contributed by atoms with van der Waals surface area (Å²) < 4.78 is 24.8. The van der Waals surface area contributed by atoms with Crippen LogP contribution in [0.1, 0.15) is 18.5 Å². The average molecular weight is 353 g/mol. The number of hydrogen-bond donors (Lipinski definition) is 1. The predicted octanol–water partition coefficient (Wildman–Crippen LogP) is 5.60. The molecule has 25 heavy (non-hydrogen) atoms. The Morgan fingerprint density at radius 2 is 1.12 bits per heavy atom. The van der Waals surface area contributed by atoms with Gasteiger partial charge in [-0.2, -0.15) is 5.09 Å². The van der Waals surface area contributed by atoms with Gasteiger partial charge < -0.3 is 9.05 Å². The highest BCUT2D eigenvalue weighted by Gasteiger charge is 2.31. The summed E-state index contributed by atoms with van der Waals surface area (Å²) in [5.74, 6) is 0.962. The maximum absolute atomic E-state index is 13.4. The van der Waals surface area contributed by atoms with Gasteiger partial charge in [-0.05, 0) is 36.8 Å². The van der Waals surface area contributed by atoms with Gasteiger partial charge in [-0.25, -0.2) is 4.57 Å². The third-order valence-corrected chi connectivity index (χ3v) is 5.19. The lowest BCUT2D eigenvalue weighted by Crippen LogP contribution is -2.22. The van der Waals surface area contributed by atoms with E-state index in [0.29, 0.717) is 11.5 Å². The molecule has 5 heteroatoms. The highest BCUT2D eigenvalue weighted by Crippen LogP contribution is 2.46. The van der Waals surface area contributed by atoms with E-state index < -0.39 is 7.75 Å². The normalized spacial score (nSPS) is 12.4. The molecular weight excluding hydrogens is 333 g/mol. The second kappa shape index (κ2) is 8.02. The highest BCUT2D eigenvalue weighted by atomic mass is 31.2. The Bertz CT molecular complexity index is 780. The molecule has 3 aromatic carbocycles. The van der Waals surface area contributed by atoms with Crippen LogP contribution in [0.3, 0.4) is 0 Å². The molecule has 1 atom stereocenters. The van der Waals surface area contributed by atoms with Crippen LogP contribution in [0.15, 0.2) is 91.0 Å². The van der Waals surface area contributed by atoms with Gasteiger partial charge in [0.05, 0.1) is 0 Å². The monoisotopic (exact) mass is 353 g/mol. The van der Waals surface area contributed by atoms with Crippen LogP contribution >= 0.6 is 7.75 Å². The molecule has 0 spiro atoms. The Hall–Kier alpha value is -2.55. The molecule has 0 radical (unpaired) electrons. The van der Waals surface area contributed by atoms with Crippen molar-refractivity contribution in [3.8, 4) is 11.5 Å². The van der Waals surface area contributed by atoms with Crippen molar-refractivity contribution in [1.82, 2.24) is 5.09 Å². The Kier molecular flexibility index (Phi) is 5.54. The van der Waals surface area contributed by atoms with Crippen LogP contribution in [0.4, 0.5) is 0 Å². The van der Waals surface area contributed by atoms with Crippen LogP contribution in [-0.2, 0) is 4.57 Å². The number of nitrogens with one attached hydrogen (secondary N) is 1. The zero-order valence-corrected chi connectivity index (χ0v) is 14.8. The van der Waals surface area contributed by atoms with Crippen molar-refractivity contribution in [3.63, 3.8) is 0 Å². The van der Waals surface area contributed by atoms with Gasteiger partial charge in [0, 0.05) is 6.04 Å². The van der Waals surface area contributed by atoms with Crippen LogP contribution in [-0.4, -0.2) is 0 Å². The Morgan fingerprint density at radius 1 is 0.720 bits per heavy atom. The predicted molar refractivity (Wildman–Crippen MR) is 99.7 cm³/mol. The largest absolute Gasteiger partial charge is 0.513 e. The van der Waals surface area contributed by atoms with E-state index in [-0.39, 0.29) is 6.04 Å². The topological polar surface area (TPSA) is 47.6 Å². The van der Waals surface area contributed by atoms with Gasteiger partial charge >= 0.3 is 7.75 Å². The lowest BCUT2D eigenvalue weighted by Gasteiger charge is -2.24. The van der Waals surface area contributed by atoms with Gasteiger partial charge in [-0.15, -0.1) is 0 Å². The first-order chi connectivity index (χ1) is 12.1. The smallest absolute Gasteiger partial charge is 0.405 e. The van der Waals surface area contributed by atoms with E-state index in [1.54, 1.807) is 24.3 Å². The van der Waals surface area contributed by atoms with Gasteiger partial charge in [0.25, 0.3) is 0 Å². The fraction of sp³-hybridized carbons (Fsp3) is 0.100. The SMILES string of the molecule is C[C@H](NP(=O)(Oc1ccccc1)Oc1ccccc1)c1ccccc1. The van der Waals surface area contributed by atoms with E-state index in [1.165, 1.54) is 0 Å². The zero-order valence-electron chi connectivity index (χ0n) is 13.9. The lowest BCUT2D eigenvalue weighted by molar-refractivity contribution is 0.363. The molecule has 0 saturated carbocycles. The first-order valence-electron chi connectivity index (χ1n) is 8.07. The van der Waals surface area contributed by atoms with Gasteiger partial charge in [-0.3, -0.25) is 0 Å². The fourth-order valence-corrected chi connectivity index (χ4v) is 3.93. The van der Waals surface area contributed by atoms with Crippen molar-refractivity contribution >= 4 is 7.75 Å². The fourth-order valence-electron chi connectivity index (χ4n) is 2.37. The van der Waals surface area contributed by atoms with E-state index in [4.69, 9.17) is 9.05 Å². The molecule has 1 N–H and O–H groups in total. The van der Waals surface area contributed by atoms with E-state index in [0.717, 1.165) is 5.56 Å². The number of rotatable bonds is 7. The number of hydrogen-bond acceptors (Lipinski definition) is 3. The first-order valence-corrected chi connectivity index (χ1v) is 9.61. The van der Waals surface area contributed by atoms with E-state index in [9.17, 15) is 4.57 Å². The molecule has 0 aromatic heterocycles.